The Labute approximate surface area is 163 Å². The number of guanidine groups is 1. The fraction of sp³-hybridized carbons (Fsp3) is 0.294. The van der Waals surface area contributed by atoms with Crippen LogP contribution in [0.3, 0.4) is 0 Å². The molecule has 0 aliphatic carbocycles. The molecule has 0 fully saturated rings. The van der Waals surface area contributed by atoms with Crippen LogP contribution in [0.2, 0.25) is 0 Å². The summed E-state index contributed by atoms with van der Waals surface area (Å²) >= 11 is 0. The molecule has 0 saturated heterocycles. The number of nitrogens with one attached hydrogen (secondary N) is 2. The molecule has 1 amide bonds. The van der Waals surface area contributed by atoms with E-state index in [9.17, 15) is 9.18 Å². The molecule has 0 spiro atoms. The summed E-state index contributed by atoms with van der Waals surface area (Å²) in [5, 5.41) is 5.88. The molecule has 1 aromatic carbocycles. The summed E-state index contributed by atoms with van der Waals surface area (Å²) in [6.07, 6.45) is 1.45. The Balaban J connectivity index is 0.00000312. The molecule has 0 bridgehead atoms. The molecule has 0 unspecified atom stereocenters. The highest BCUT2D eigenvalue weighted by atomic mass is 127. The molecule has 1 aromatic heterocycles. The van der Waals surface area contributed by atoms with Gasteiger partial charge in [0.1, 0.15) is 5.82 Å². The van der Waals surface area contributed by atoms with Gasteiger partial charge in [-0.05, 0) is 29.8 Å². The molecule has 1 heterocycles. The van der Waals surface area contributed by atoms with Gasteiger partial charge in [-0.2, -0.15) is 0 Å². The Hall–Kier alpha value is -2.10. The second-order valence-corrected chi connectivity index (χ2v) is 5.19. The minimum atomic E-state index is -0.260. The van der Waals surface area contributed by atoms with Crippen molar-refractivity contribution in [2.75, 3.05) is 27.2 Å². The molecule has 25 heavy (non-hydrogen) atoms. The minimum Gasteiger partial charge on any atom is -0.459 e. The van der Waals surface area contributed by atoms with Gasteiger partial charge >= 0.3 is 0 Å². The van der Waals surface area contributed by atoms with Gasteiger partial charge in [0.15, 0.2) is 11.7 Å². The average molecular weight is 460 g/mol. The highest BCUT2D eigenvalue weighted by molar-refractivity contribution is 14.0. The summed E-state index contributed by atoms with van der Waals surface area (Å²) in [5.41, 5.74) is 0.853. The number of carbonyl (C=O) groups is 1. The van der Waals surface area contributed by atoms with Crippen molar-refractivity contribution in [3.8, 4) is 0 Å². The maximum atomic E-state index is 13.2. The lowest BCUT2D eigenvalue weighted by Gasteiger charge is -2.22. The van der Waals surface area contributed by atoms with Gasteiger partial charge in [0.2, 0.25) is 0 Å². The van der Waals surface area contributed by atoms with Crippen molar-refractivity contribution >= 4 is 35.8 Å². The molecule has 0 aliphatic heterocycles. The van der Waals surface area contributed by atoms with Gasteiger partial charge in [0.05, 0.1) is 6.26 Å². The van der Waals surface area contributed by atoms with Gasteiger partial charge < -0.3 is 20.0 Å². The summed E-state index contributed by atoms with van der Waals surface area (Å²) in [6.45, 7) is 1.45. The molecular formula is C17H22FIN4O2. The van der Waals surface area contributed by atoms with Crippen LogP contribution in [0.15, 0.2) is 52.1 Å². The molecule has 0 aliphatic rings. The predicted octanol–water partition coefficient (Wildman–Crippen LogP) is 2.47. The maximum absolute atomic E-state index is 13.2. The number of nitrogens with zero attached hydrogens (tertiary/aromatic N) is 2. The van der Waals surface area contributed by atoms with Crippen LogP contribution in [0.4, 0.5) is 4.39 Å². The van der Waals surface area contributed by atoms with E-state index in [2.05, 4.69) is 15.6 Å². The third-order valence-corrected chi connectivity index (χ3v) is 3.32. The zero-order chi connectivity index (χ0) is 17.4. The summed E-state index contributed by atoms with van der Waals surface area (Å²) in [7, 11) is 3.54. The third kappa shape index (κ3) is 6.73. The SMILES string of the molecule is CN=C(NCCNC(=O)c1ccco1)N(C)Cc1cccc(F)c1.I. The third-order valence-electron chi connectivity index (χ3n) is 3.32. The van der Waals surface area contributed by atoms with E-state index in [1.54, 1.807) is 25.2 Å². The Morgan fingerprint density at radius 2 is 2.00 bits per heavy atom. The van der Waals surface area contributed by atoms with Crippen LogP contribution in [-0.2, 0) is 6.54 Å². The summed E-state index contributed by atoms with van der Waals surface area (Å²) < 4.78 is 18.2. The number of rotatable bonds is 6. The molecule has 8 heteroatoms. The zero-order valence-corrected chi connectivity index (χ0v) is 16.5. The number of benzene rings is 1. The standard InChI is InChI=1S/C17H21FN4O2.HI/c1-19-17(22(2)12-13-5-3-6-14(18)11-13)21-9-8-20-16(23)15-7-4-10-24-15;/h3-7,10-11H,8-9,12H2,1-2H3,(H,19,21)(H,20,23);1H. The first-order valence-electron chi connectivity index (χ1n) is 7.58. The molecule has 2 aromatic rings. The Morgan fingerprint density at radius 1 is 1.24 bits per heavy atom. The number of carbonyl (C=O) groups excluding carboxylic acids is 1. The second kappa shape index (κ2) is 10.7. The van der Waals surface area contributed by atoms with E-state index in [4.69, 9.17) is 4.42 Å². The first-order chi connectivity index (χ1) is 11.6. The molecule has 0 atom stereocenters. The number of aliphatic imine (C=N–C) groups is 1. The number of hydrogen-bond acceptors (Lipinski definition) is 3. The molecular weight excluding hydrogens is 438 g/mol. The van der Waals surface area contributed by atoms with Gasteiger partial charge in [-0.1, -0.05) is 12.1 Å². The fourth-order valence-corrected chi connectivity index (χ4v) is 2.21. The summed E-state index contributed by atoms with van der Waals surface area (Å²) in [6, 6.07) is 9.71. The van der Waals surface area contributed by atoms with Crippen LogP contribution in [-0.4, -0.2) is 44.0 Å². The van der Waals surface area contributed by atoms with Gasteiger partial charge in [-0.15, -0.1) is 24.0 Å². The molecule has 6 nitrogen and oxygen atoms in total. The summed E-state index contributed by atoms with van der Waals surface area (Å²) in [4.78, 5) is 17.8. The number of halogens is 2. The van der Waals surface area contributed by atoms with Crippen molar-refractivity contribution in [3.05, 3.63) is 59.8 Å². The van der Waals surface area contributed by atoms with Crippen molar-refractivity contribution in [2.24, 2.45) is 4.99 Å². The molecule has 2 N–H and O–H groups in total. The van der Waals surface area contributed by atoms with Crippen LogP contribution in [0, 0.1) is 5.82 Å². The Kier molecular flexibility index (Phi) is 8.96. The van der Waals surface area contributed by atoms with E-state index >= 15 is 0 Å². The topological polar surface area (TPSA) is 69.9 Å². The minimum absolute atomic E-state index is 0. The van der Waals surface area contributed by atoms with E-state index in [0.717, 1.165) is 5.56 Å². The van der Waals surface area contributed by atoms with Crippen LogP contribution < -0.4 is 10.6 Å². The first kappa shape index (κ1) is 20.9. The van der Waals surface area contributed by atoms with E-state index in [1.165, 1.54) is 18.4 Å². The molecule has 2 rings (SSSR count). The second-order valence-electron chi connectivity index (χ2n) is 5.19. The largest absolute Gasteiger partial charge is 0.459 e. The molecule has 136 valence electrons. The smallest absolute Gasteiger partial charge is 0.287 e. The maximum Gasteiger partial charge on any atom is 0.287 e. The van der Waals surface area contributed by atoms with E-state index in [0.29, 0.717) is 25.6 Å². The lowest BCUT2D eigenvalue weighted by atomic mass is 10.2. The highest BCUT2D eigenvalue weighted by Crippen LogP contribution is 2.06. The highest BCUT2D eigenvalue weighted by Gasteiger charge is 2.09. The number of hydrogen-bond donors (Lipinski definition) is 2. The predicted molar refractivity (Wildman–Crippen MR) is 106 cm³/mol. The van der Waals surface area contributed by atoms with Crippen molar-refractivity contribution in [3.63, 3.8) is 0 Å². The Bertz CT molecular complexity index is 692. The van der Waals surface area contributed by atoms with Crippen molar-refractivity contribution < 1.29 is 13.6 Å². The zero-order valence-electron chi connectivity index (χ0n) is 14.2. The van der Waals surface area contributed by atoms with Crippen LogP contribution in [0.1, 0.15) is 16.1 Å². The van der Waals surface area contributed by atoms with Crippen LogP contribution in [0.25, 0.3) is 0 Å². The van der Waals surface area contributed by atoms with Gasteiger partial charge in [0.25, 0.3) is 5.91 Å². The fourth-order valence-electron chi connectivity index (χ4n) is 2.21. The van der Waals surface area contributed by atoms with Crippen LogP contribution in [0.5, 0.6) is 0 Å². The normalized spacial score (nSPS) is 10.8. The summed E-state index contributed by atoms with van der Waals surface area (Å²) in [5.74, 6) is 0.420. The van der Waals surface area contributed by atoms with E-state index in [1.807, 2.05) is 18.0 Å². The lowest BCUT2D eigenvalue weighted by Crippen LogP contribution is -2.42. The first-order valence-corrected chi connectivity index (χ1v) is 7.58. The average Bonchev–Trinajstić information content (AvgIpc) is 3.09. The Morgan fingerprint density at radius 3 is 2.64 bits per heavy atom. The molecule has 0 radical (unpaired) electrons. The quantitative estimate of drug-likeness (QED) is 0.301. The van der Waals surface area contributed by atoms with Gasteiger partial charge in [0, 0.05) is 33.7 Å². The van der Waals surface area contributed by atoms with Crippen molar-refractivity contribution in [1.82, 2.24) is 15.5 Å². The van der Waals surface area contributed by atoms with Crippen LogP contribution >= 0.6 is 24.0 Å². The van der Waals surface area contributed by atoms with Gasteiger partial charge in [-0.25, -0.2) is 4.39 Å². The van der Waals surface area contributed by atoms with E-state index < -0.39 is 0 Å². The van der Waals surface area contributed by atoms with Crippen molar-refractivity contribution in [1.29, 1.82) is 0 Å². The number of furan rings is 1. The van der Waals surface area contributed by atoms with Crippen molar-refractivity contribution in [2.45, 2.75) is 6.54 Å². The monoisotopic (exact) mass is 460 g/mol. The molecule has 0 saturated carbocycles. The number of amides is 1. The van der Waals surface area contributed by atoms with E-state index in [-0.39, 0.29) is 41.5 Å². The lowest BCUT2D eigenvalue weighted by molar-refractivity contribution is 0.0926. The van der Waals surface area contributed by atoms with Gasteiger partial charge in [-0.3, -0.25) is 9.79 Å².